The van der Waals surface area contributed by atoms with Gasteiger partial charge in [0.25, 0.3) is 0 Å². The van der Waals surface area contributed by atoms with Crippen molar-refractivity contribution in [2.45, 2.75) is 30.1 Å². The van der Waals surface area contributed by atoms with Crippen molar-refractivity contribution in [3.05, 3.63) is 58.1 Å². The molecular weight excluding hydrogens is 542 g/mol. The largest absolute Gasteiger partial charge is 0.416 e. The van der Waals surface area contributed by atoms with Crippen molar-refractivity contribution in [2.75, 3.05) is 18.4 Å². The highest BCUT2D eigenvalue weighted by Crippen LogP contribution is 2.38. The number of rotatable bonds is 4. The van der Waals surface area contributed by atoms with E-state index in [2.05, 4.69) is 21.2 Å². The maximum Gasteiger partial charge on any atom is 0.416 e. The summed E-state index contributed by atoms with van der Waals surface area (Å²) in [5.41, 5.74) is -3.79. The number of piperidine rings is 1. The molecule has 0 unspecified atom stereocenters. The van der Waals surface area contributed by atoms with Crippen molar-refractivity contribution in [1.29, 1.82) is 0 Å². The average Bonchev–Trinajstić information content (AvgIpc) is 2.72. The Morgan fingerprint density at radius 2 is 1.52 bits per heavy atom. The molecule has 1 N–H and O–H groups in total. The normalized spacial score (nSPS) is 18.2. The predicted octanol–water partition coefficient (Wildman–Crippen LogP) is 5.53. The van der Waals surface area contributed by atoms with Gasteiger partial charge in [0.2, 0.25) is 15.9 Å². The van der Waals surface area contributed by atoms with Crippen LogP contribution in [0.15, 0.2) is 51.8 Å². The molecule has 13 heteroatoms. The highest BCUT2D eigenvalue weighted by molar-refractivity contribution is 9.10. The number of benzene rings is 2. The van der Waals surface area contributed by atoms with E-state index in [1.807, 2.05) is 0 Å². The van der Waals surface area contributed by atoms with Crippen LogP contribution in [0.3, 0.4) is 0 Å². The second kappa shape index (κ2) is 9.26. The lowest BCUT2D eigenvalue weighted by atomic mass is 9.98. The summed E-state index contributed by atoms with van der Waals surface area (Å²) in [5.74, 6) is -1.81. The zero-order valence-corrected chi connectivity index (χ0v) is 19.1. The summed E-state index contributed by atoms with van der Waals surface area (Å²) in [5, 5.41) is 2.09. The third kappa shape index (κ3) is 6.07. The molecular formula is C20H17BrF6N2O3S. The van der Waals surface area contributed by atoms with Crippen molar-refractivity contribution < 1.29 is 39.6 Å². The van der Waals surface area contributed by atoms with Gasteiger partial charge in [0.15, 0.2) is 0 Å². The van der Waals surface area contributed by atoms with Crippen molar-refractivity contribution in [2.24, 2.45) is 5.92 Å². The summed E-state index contributed by atoms with van der Waals surface area (Å²) in [6, 6.07) is 6.61. The van der Waals surface area contributed by atoms with E-state index in [-0.39, 0.29) is 30.5 Å². The minimum Gasteiger partial charge on any atom is -0.326 e. The maximum absolute atomic E-state index is 13.0. The molecule has 1 aliphatic heterocycles. The van der Waals surface area contributed by atoms with E-state index in [1.54, 1.807) is 0 Å². The van der Waals surface area contributed by atoms with Gasteiger partial charge in [-0.3, -0.25) is 4.79 Å². The first kappa shape index (κ1) is 25.5. The lowest BCUT2D eigenvalue weighted by Gasteiger charge is -2.31. The number of nitrogens with one attached hydrogen (secondary N) is 1. The zero-order chi connectivity index (χ0) is 24.6. The molecule has 0 aliphatic carbocycles. The molecule has 1 amide bonds. The van der Waals surface area contributed by atoms with Crippen LogP contribution in [0.5, 0.6) is 0 Å². The van der Waals surface area contributed by atoms with E-state index in [9.17, 15) is 39.6 Å². The Kier molecular flexibility index (Phi) is 7.16. The van der Waals surface area contributed by atoms with Crippen molar-refractivity contribution in [1.82, 2.24) is 4.31 Å². The average molecular weight is 559 g/mol. The second-order valence-electron chi connectivity index (χ2n) is 7.44. The highest BCUT2D eigenvalue weighted by Gasteiger charge is 2.38. The fraction of sp³-hybridized carbons (Fsp3) is 0.350. The summed E-state index contributed by atoms with van der Waals surface area (Å²) in [4.78, 5) is 12.6. The van der Waals surface area contributed by atoms with Crippen molar-refractivity contribution in [3.8, 4) is 0 Å². The van der Waals surface area contributed by atoms with Crippen LogP contribution in [0, 0.1) is 5.92 Å². The highest BCUT2D eigenvalue weighted by atomic mass is 79.9. The van der Waals surface area contributed by atoms with Crippen LogP contribution >= 0.6 is 15.9 Å². The van der Waals surface area contributed by atoms with Crippen LogP contribution in [0.4, 0.5) is 32.0 Å². The number of halogens is 7. The molecule has 1 aliphatic rings. The minimum absolute atomic E-state index is 0.000504. The van der Waals surface area contributed by atoms with Gasteiger partial charge in [-0.2, -0.15) is 30.6 Å². The molecule has 0 aromatic heterocycles. The van der Waals surface area contributed by atoms with E-state index in [4.69, 9.17) is 0 Å². The van der Waals surface area contributed by atoms with Crippen LogP contribution in [-0.4, -0.2) is 31.7 Å². The van der Waals surface area contributed by atoms with Gasteiger partial charge >= 0.3 is 12.4 Å². The molecule has 2 aromatic carbocycles. The lowest BCUT2D eigenvalue weighted by molar-refractivity contribution is -0.143. The first-order valence-corrected chi connectivity index (χ1v) is 11.8. The third-order valence-electron chi connectivity index (χ3n) is 5.06. The molecule has 180 valence electrons. The van der Waals surface area contributed by atoms with Gasteiger partial charge < -0.3 is 5.32 Å². The molecule has 33 heavy (non-hydrogen) atoms. The molecule has 0 saturated carbocycles. The number of anilines is 1. The number of hydrogen-bond donors (Lipinski definition) is 1. The second-order valence-corrected chi connectivity index (χ2v) is 10.3. The van der Waals surface area contributed by atoms with Gasteiger partial charge in [-0.05, 0) is 55.3 Å². The number of hydrogen-bond acceptors (Lipinski definition) is 3. The zero-order valence-electron chi connectivity index (χ0n) is 16.7. The summed E-state index contributed by atoms with van der Waals surface area (Å²) in [6.45, 7) is -0.126. The van der Waals surface area contributed by atoms with E-state index in [1.165, 1.54) is 24.3 Å². The number of nitrogens with zero attached hydrogens (tertiary/aromatic N) is 1. The molecule has 5 nitrogen and oxygen atoms in total. The Morgan fingerprint density at radius 1 is 0.970 bits per heavy atom. The SMILES string of the molecule is O=C(Nc1cc(C(F)(F)F)cc(C(F)(F)F)c1)[C@H]1CCCN(S(=O)(=O)c2ccc(Br)cc2)C1. The van der Waals surface area contributed by atoms with Gasteiger partial charge in [0, 0.05) is 23.2 Å². The molecule has 1 heterocycles. The fourth-order valence-electron chi connectivity index (χ4n) is 3.40. The quantitative estimate of drug-likeness (QED) is 0.502. The van der Waals surface area contributed by atoms with Gasteiger partial charge in [-0.15, -0.1) is 0 Å². The molecule has 1 fully saturated rings. The number of sulfonamides is 1. The number of alkyl halides is 6. The molecule has 0 radical (unpaired) electrons. The molecule has 3 rings (SSSR count). The van der Waals surface area contributed by atoms with Crippen LogP contribution in [0.2, 0.25) is 0 Å². The van der Waals surface area contributed by atoms with Gasteiger partial charge in [-0.1, -0.05) is 15.9 Å². The van der Waals surface area contributed by atoms with E-state index >= 15 is 0 Å². The Labute approximate surface area is 193 Å². The molecule has 2 aromatic rings. The van der Waals surface area contributed by atoms with Crippen LogP contribution in [0.1, 0.15) is 24.0 Å². The Hall–Kier alpha value is -2.12. The van der Waals surface area contributed by atoms with Gasteiger partial charge in [0.05, 0.1) is 21.9 Å². The van der Waals surface area contributed by atoms with E-state index in [0.29, 0.717) is 23.0 Å². The summed E-state index contributed by atoms with van der Waals surface area (Å²) in [6.07, 6.45) is -9.59. The van der Waals surface area contributed by atoms with E-state index < -0.39 is 51.0 Å². The summed E-state index contributed by atoms with van der Waals surface area (Å²) >= 11 is 3.20. The minimum atomic E-state index is -5.05. The summed E-state index contributed by atoms with van der Waals surface area (Å²) in [7, 11) is -3.94. The van der Waals surface area contributed by atoms with Crippen LogP contribution < -0.4 is 5.32 Å². The van der Waals surface area contributed by atoms with Crippen LogP contribution in [-0.2, 0) is 27.2 Å². The summed E-state index contributed by atoms with van der Waals surface area (Å²) < 4.78 is 106. The van der Waals surface area contributed by atoms with Gasteiger partial charge in [0.1, 0.15) is 0 Å². The van der Waals surface area contributed by atoms with Gasteiger partial charge in [-0.25, -0.2) is 8.42 Å². The predicted molar refractivity (Wildman–Crippen MR) is 111 cm³/mol. The number of carbonyl (C=O) groups is 1. The monoisotopic (exact) mass is 558 g/mol. The Bertz CT molecular complexity index is 1100. The fourth-order valence-corrected chi connectivity index (χ4v) is 5.19. The molecule has 1 saturated heterocycles. The standard InChI is InChI=1S/C20H17BrF6N2O3S/c21-15-3-5-17(6-4-15)33(31,32)29-7-1-2-12(11-29)18(30)28-16-9-13(19(22,23)24)8-14(10-16)20(25,26)27/h3-6,8-10,12H,1-2,7,11H2,(H,28,30)/t12-/m0/s1. The third-order valence-corrected chi connectivity index (χ3v) is 7.47. The lowest BCUT2D eigenvalue weighted by Crippen LogP contribution is -2.43. The topological polar surface area (TPSA) is 66.5 Å². The first-order valence-electron chi connectivity index (χ1n) is 9.54. The van der Waals surface area contributed by atoms with Crippen molar-refractivity contribution in [3.63, 3.8) is 0 Å². The number of amides is 1. The smallest absolute Gasteiger partial charge is 0.326 e. The maximum atomic E-state index is 13.0. The number of carbonyl (C=O) groups excluding carboxylic acids is 1. The Balaban J connectivity index is 1.81. The molecule has 1 atom stereocenters. The van der Waals surface area contributed by atoms with Crippen LogP contribution in [0.25, 0.3) is 0 Å². The molecule has 0 bridgehead atoms. The molecule has 0 spiro atoms. The van der Waals surface area contributed by atoms with E-state index in [0.717, 1.165) is 4.31 Å². The van der Waals surface area contributed by atoms with Crippen molar-refractivity contribution >= 4 is 37.5 Å². The first-order chi connectivity index (χ1) is 15.2. The Morgan fingerprint density at radius 3 is 2.03 bits per heavy atom.